The summed E-state index contributed by atoms with van der Waals surface area (Å²) in [6, 6.07) is 0.650. The summed E-state index contributed by atoms with van der Waals surface area (Å²) >= 11 is 0. The van der Waals surface area contributed by atoms with Crippen LogP contribution in [-0.4, -0.2) is 23.4 Å². The van der Waals surface area contributed by atoms with Crippen LogP contribution in [-0.2, 0) is 5.60 Å². The molecule has 0 unspecified atom stereocenters. The highest BCUT2D eigenvalue weighted by Crippen LogP contribution is 2.50. The van der Waals surface area contributed by atoms with Crippen molar-refractivity contribution in [2.24, 2.45) is 0 Å². The molecule has 4 nitrogen and oxygen atoms in total. The van der Waals surface area contributed by atoms with Gasteiger partial charge in [0.2, 0.25) is 0 Å². The summed E-state index contributed by atoms with van der Waals surface area (Å²) in [6.07, 6.45) is -12.1. The van der Waals surface area contributed by atoms with Gasteiger partial charge in [0.05, 0.1) is 5.97 Å². The van der Waals surface area contributed by atoms with Crippen molar-refractivity contribution in [1.29, 1.82) is 0 Å². The molecule has 0 saturated heterocycles. The van der Waals surface area contributed by atoms with Gasteiger partial charge in [-0.25, -0.2) is 0 Å². The average molecular weight is 302 g/mol. The van der Waals surface area contributed by atoms with Gasteiger partial charge in [-0.05, 0) is 6.07 Å². The molecular weight excluding hydrogens is 296 g/mol. The van der Waals surface area contributed by atoms with E-state index in [1.54, 1.807) is 0 Å². The molecule has 0 spiro atoms. The van der Waals surface area contributed by atoms with Gasteiger partial charge in [0, 0.05) is 16.8 Å². The molecule has 1 rings (SSSR count). The average Bonchev–Trinajstić information content (AvgIpc) is 2.24. The van der Waals surface area contributed by atoms with Gasteiger partial charge in [0.15, 0.2) is 0 Å². The fourth-order valence-corrected chi connectivity index (χ4v) is 1.46. The number of carbonyl (C=O) groups is 1. The van der Waals surface area contributed by atoms with Gasteiger partial charge in [-0.15, -0.1) is 0 Å². The summed E-state index contributed by atoms with van der Waals surface area (Å²) < 4.78 is 75.2. The van der Waals surface area contributed by atoms with Crippen LogP contribution in [0.4, 0.5) is 32.0 Å². The lowest BCUT2D eigenvalue weighted by Crippen LogP contribution is -2.54. The Morgan fingerprint density at radius 2 is 1.55 bits per heavy atom. The molecule has 0 aliphatic carbocycles. The number of carboxylic acid groups (broad SMARTS) is 1. The Morgan fingerprint density at radius 3 is 1.85 bits per heavy atom. The minimum atomic E-state index is -6.07. The van der Waals surface area contributed by atoms with E-state index in [4.69, 9.17) is 10.8 Å². The highest BCUT2D eigenvalue weighted by atomic mass is 19.4. The Labute approximate surface area is 107 Å². The zero-order valence-corrected chi connectivity index (χ0v) is 9.34. The van der Waals surface area contributed by atoms with Crippen molar-refractivity contribution in [1.82, 2.24) is 0 Å². The summed E-state index contributed by atoms with van der Waals surface area (Å²) in [4.78, 5) is 10.5. The van der Waals surface area contributed by atoms with Crippen LogP contribution in [0.2, 0.25) is 0 Å². The molecule has 112 valence electrons. The van der Waals surface area contributed by atoms with Crippen LogP contribution in [0.25, 0.3) is 0 Å². The van der Waals surface area contributed by atoms with Crippen molar-refractivity contribution < 1.29 is 41.4 Å². The molecule has 0 heterocycles. The van der Waals surface area contributed by atoms with Crippen LogP contribution in [0.3, 0.4) is 0 Å². The maximum atomic E-state index is 12.5. The molecule has 0 amide bonds. The lowest BCUT2D eigenvalue weighted by Gasteiger charge is -2.33. The summed E-state index contributed by atoms with van der Waals surface area (Å²) in [6.45, 7) is 0. The molecule has 1 aromatic rings. The monoisotopic (exact) mass is 302 g/mol. The molecule has 0 aromatic heterocycles. The van der Waals surface area contributed by atoms with Crippen LogP contribution < -0.4 is 10.8 Å². The molecule has 3 N–H and O–H groups in total. The maximum absolute atomic E-state index is 12.5. The predicted octanol–water partition coefficient (Wildman–Crippen LogP) is 0.944. The first-order chi connectivity index (χ1) is 8.82. The first-order valence-corrected chi connectivity index (χ1v) is 4.79. The Kier molecular flexibility index (Phi) is 3.66. The summed E-state index contributed by atoms with van der Waals surface area (Å²) in [5.74, 6) is -1.88. The van der Waals surface area contributed by atoms with Crippen molar-refractivity contribution in [2.45, 2.75) is 18.0 Å². The van der Waals surface area contributed by atoms with Gasteiger partial charge in [0.1, 0.15) is 0 Å². The normalized spacial score (nSPS) is 13.3. The highest BCUT2D eigenvalue weighted by Gasteiger charge is 2.71. The van der Waals surface area contributed by atoms with E-state index in [-0.39, 0.29) is 12.1 Å². The van der Waals surface area contributed by atoms with Crippen LogP contribution in [0.5, 0.6) is 0 Å². The van der Waals surface area contributed by atoms with Gasteiger partial charge in [-0.1, -0.05) is 12.1 Å². The van der Waals surface area contributed by atoms with E-state index >= 15 is 0 Å². The van der Waals surface area contributed by atoms with Gasteiger partial charge >= 0.3 is 12.4 Å². The number of carbonyl (C=O) groups excluding carboxylic acids is 1. The van der Waals surface area contributed by atoms with Crippen LogP contribution >= 0.6 is 0 Å². The Hall–Kier alpha value is -1.97. The van der Waals surface area contributed by atoms with Crippen molar-refractivity contribution in [2.75, 3.05) is 5.73 Å². The molecule has 10 heteroatoms. The molecule has 1 aromatic carbocycles. The highest BCUT2D eigenvalue weighted by molar-refractivity contribution is 5.92. The van der Waals surface area contributed by atoms with Gasteiger partial charge in [-0.3, -0.25) is 0 Å². The third kappa shape index (κ3) is 2.38. The molecule has 0 fully saturated rings. The standard InChI is InChI=1S/C10H7F6NO3/c11-9(12,13)8(20,10(14,15)16)4-1-2-5(7(18)19)6(17)3-4/h1-3,20H,17H2,(H,18,19)/p-1. The number of hydrogen-bond acceptors (Lipinski definition) is 4. The van der Waals surface area contributed by atoms with E-state index in [0.29, 0.717) is 6.07 Å². The molecule has 0 bridgehead atoms. The molecule has 0 radical (unpaired) electrons. The Morgan fingerprint density at radius 1 is 1.10 bits per heavy atom. The zero-order valence-electron chi connectivity index (χ0n) is 9.34. The van der Waals surface area contributed by atoms with Crippen LogP contribution in [0.15, 0.2) is 18.2 Å². The second-order valence-electron chi connectivity index (χ2n) is 3.80. The smallest absolute Gasteiger partial charge is 0.430 e. The number of anilines is 1. The third-order valence-corrected chi connectivity index (χ3v) is 2.51. The number of carboxylic acids is 1. The second kappa shape index (κ2) is 4.54. The number of hydrogen-bond donors (Lipinski definition) is 2. The SMILES string of the molecule is Nc1cc(C(O)(C(F)(F)F)C(F)(F)F)ccc1C(=O)[O-]. The zero-order chi connectivity index (χ0) is 15.9. The summed E-state index contributed by atoms with van der Waals surface area (Å²) in [5.41, 5.74) is -3.44. The molecule has 0 aliphatic heterocycles. The topological polar surface area (TPSA) is 86.4 Å². The number of halogens is 6. The van der Waals surface area contributed by atoms with E-state index in [9.17, 15) is 36.2 Å². The van der Waals surface area contributed by atoms with E-state index < -0.39 is 40.7 Å². The van der Waals surface area contributed by atoms with Gasteiger partial charge in [0.25, 0.3) is 5.60 Å². The maximum Gasteiger partial charge on any atom is 0.430 e. The van der Waals surface area contributed by atoms with Gasteiger partial charge < -0.3 is 20.7 Å². The van der Waals surface area contributed by atoms with E-state index in [0.717, 1.165) is 0 Å². The first kappa shape index (κ1) is 16.1. The quantitative estimate of drug-likeness (QED) is 0.629. The van der Waals surface area contributed by atoms with Crippen molar-refractivity contribution >= 4 is 11.7 Å². The molecular formula is C10H6F6NO3-. The summed E-state index contributed by atoms with van der Waals surface area (Å²) in [5, 5.41) is 19.5. The van der Waals surface area contributed by atoms with Gasteiger partial charge in [-0.2, -0.15) is 26.3 Å². The van der Waals surface area contributed by atoms with Crippen molar-refractivity contribution in [3.05, 3.63) is 29.3 Å². The number of nitrogen functional groups attached to an aromatic ring is 1. The first-order valence-electron chi connectivity index (χ1n) is 4.79. The number of nitrogens with two attached hydrogens (primary N) is 1. The number of aliphatic hydroxyl groups is 1. The fourth-order valence-electron chi connectivity index (χ4n) is 1.46. The minimum Gasteiger partial charge on any atom is -0.545 e. The Bertz CT molecular complexity index is 523. The van der Waals surface area contributed by atoms with Crippen LogP contribution in [0, 0.1) is 0 Å². The van der Waals surface area contributed by atoms with Crippen molar-refractivity contribution in [3.8, 4) is 0 Å². The third-order valence-electron chi connectivity index (χ3n) is 2.51. The number of aromatic carboxylic acids is 1. The largest absolute Gasteiger partial charge is 0.545 e. The Balaban J connectivity index is 3.54. The molecule has 0 saturated carbocycles. The number of rotatable bonds is 2. The van der Waals surface area contributed by atoms with Crippen LogP contribution in [0.1, 0.15) is 15.9 Å². The number of alkyl halides is 6. The predicted molar refractivity (Wildman–Crippen MR) is 51.2 cm³/mol. The van der Waals surface area contributed by atoms with Crippen molar-refractivity contribution in [3.63, 3.8) is 0 Å². The van der Waals surface area contributed by atoms with E-state index in [2.05, 4.69) is 0 Å². The molecule has 20 heavy (non-hydrogen) atoms. The van der Waals surface area contributed by atoms with E-state index in [1.807, 2.05) is 0 Å². The minimum absolute atomic E-state index is 0.0894. The lowest BCUT2D eigenvalue weighted by molar-refractivity contribution is -0.376. The lowest BCUT2D eigenvalue weighted by atomic mass is 9.91. The number of benzene rings is 1. The summed E-state index contributed by atoms with van der Waals surface area (Å²) in [7, 11) is 0. The van der Waals surface area contributed by atoms with E-state index in [1.165, 1.54) is 0 Å². The molecule has 0 atom stereocenters. The fraction of sp³-hybridized carbons (Fsp3) is 0.300. The second-order valence-corrected chi connectivity index (χ2v) is 3.80. The molecule has 0 aliphatic rings.